The number of aryl methyl sites for hydroxylation is 3. The number of H-pyrrole nitrogens is 1. The van der Waals surface area contributed by atoms with E-state index in [2.05, 4.69) is 106 Å². The molecule has 0 bridgehead atoms. The average molecular weight is 540 g/mol. The minimum atomic E-state index is 1.04. The Morgan fingerprint density at radius 3 is 2.41 bits per heavy atom. The van der Waals surface area contributed by atoms with Crippen molar-refractivity contribution in [3.05, 3.63) is 75.9 Å². The van der Waals surface area contributed by atoms with Gasteiger partial charge in [0.2, 0.25) is 0 Å². The Hall–Kier alpha value is -2.19. The van der Waals surface area contributed by atoms with Crippen LogP contribution in [-0.4, -0.2) is 19.3 Å². The number of aromatic amines is 1. The maximum atomic E-state index is 4.33. The van der Waals surface area contributed by atoms with E-state index in [0.717, 1.165) is 18.7 Å². The molecule has 0 saturated heterocycles. The zero-order valence-electron chi connectivity index (χ0n) is 15.5. The number of imidazole rings is 1. The van der Waals surface area contributed by atoms with Crippen molar-refractivity contribution >= 4 is 11.0 Å². The number of hydrogen-bond donors (Lipinski definition) is 1. The molecule has 0 spiro atoms. The van der Waals surface area contributed by atoms with Crippen LogP contribution in [0, 0.1) is 10.7 Å². The van der Waals surface area contributed by atoms with Crippen molar-refractivity contribution in [3.8, 4) is 5.69 Å². The molecule has 2 heterocycles. The molecule has 0 saturated carbocycles. The number of fused-ring (bicyclic) bond motifs is 1. The fourth-order valence-electron chi connectivity index (χ4n) is 3.56. The van der Waals surface area contributed by atoms with Gasteiger partial charge in [-0.05, 0) is 0 Å². The molecule has 4 nitrogen and oxygen atoms in total. The van der Waals surface area contributed by atoms with E-state index in [1.165, 1.54) is 45.5 Å². The van der Waals surface area contributed by atoms with Crippen LogP contribution < -0.4 is 0 Å². The third-order valence-electron chi connectivity index (χ3n) is 4.88. The number of nitrogens with one attached hydrogen (secondary N) is 1. The topological polar surface area (TPSA) is 38.5 Å². The van der Waals surface area contributed by atoms with Gasteiger partial charge >= 0.3 is 170 Å². The van der Waals surface area contributed by atoms with Crippen LogP contribution >= 0.6 is 0 Å². The van der Waals surface area contributed by atoms with Crippen molar-refractivity contribution in [1.29, 1.82) is 0 Å². The number of unbranched alkanes of at least 4 members (excludes halogenated alkanes) is 2. The van der Waals surface area contributed by atoms with E-state index in [1.54, 1.807) is 0 Å². The van der Waals surface area contributed by atoms with E-state index in [4.69, 9.17) is 0 Å². The quantitative estimate of drug-likeness (QED) is 0.332. The molecule has 1 N–H and O–H groups in total. The number of hydrogen-bond acceptors (Lipinski definition) is 1. The molecule has 0 aliphatic carbocycles. The van der Waals surface area contributed by atoms with Crippen molar-refractivity contribution in [3.63, 3.8) is 0 Å². The van der Waals surface area contributed by atoms with Gasteiger partial charge in [0, 0.05) is 0 Å². The first-order valence-electron chi connectivity index (χ1n) is 9.46. The second kappa shape index (κ2) is 8.22. The zero-order valence-corrected chi connectivity index (χ0v) is 17.7. The van der Waals surface area contributed by atoms with Crippen molar-refractivity contribution in [2.45, 2.75) is 39.2 Å². The number of aromatic nitrogens is 4. The summed E-state index contributed by atoms with van der Waals surface area (Å²) in [4.78, 5) is 0. The molecule has 0 amide bonds. The fraction of sp³-hybridized carbons (Fsp3) is 0.273. The molecule has 27 heavy (non-hydrogen) atoms. The summed E-state index contributed by atoms with van der Waals surface area (Å²) in [5.74, 6) is 0. The molecular weight excluding hydrogens is 515 g/mol. The molecule has 2 aromatic heterocycles. The van der Waals surface area contributed by atoms with Crippen LogP contribution in [0.2, 0.25) is 0 Å². The molecule has 5 heteroatoms. The first-order chi connectivity index (χ1) is 13.2. The zero-order chi connectivity index (χ0) is 18.6. The Morgan fingerprint density at radius 2 is 1.67 bits per heavy atom. The van der Waals surface area contributed by atoms with E-state index in [0.29, 0.717) is 0 Å². The Kier molecular flexibility index (Phi) is 5.54. The number of rotatable bonds is 7. The van der Waals surface area contributed by atoms with Crippen molar-refractivity contribution in [2.24, 2.45) is 0 Å². The SMILES string of the molecule is Cc1cc(CCCCCn2[c](=[Pt])n(-c3ccccc3)c3ccccc32)n[nH]1. The second-order valence-corrected chi connectivity index (χ2v) is 7.92. The summed E-state index contributed by atoms with van der Waals surface area (Å²) >= 11 is 2.46. The molecule has 4 rings (SSSR count). The van der Waals surface area contributed by atoms with Gasteiger partial charge in [0.15, 0.2) is 0 Å². The summed E-state index contributed by atoms with van der Waals surface area (Å²) in [7, 11) is 0. The van der Waals surface area contributed by atoms with Crippen LogP contribution in [0.25, 0.3) is 16.7 Å². The first-order valence-corrected chi connectivity index (χ1v) is 10.6. The molecule has 0 unspecified atom stereocenters. The van der Waals surface area contributed by atoms with Crippen LogP contribution in [0.4, 0.5) is 0 Å². The standard InChI is InChI=1S/C22H24N4.Pt/c1-18-16-19(24-23-18)10-4-3-9-15-25-17-26(20-11-5-2-6-12-20)22-14-8-7-13-21(22)25;/h2,5-8,11-14,16H,3-4,9-10,15H2,1H3,(H,23,24);. The van der Waals surface area contributed by atoms with Gasteiger partial charge in [-0.25, -0.2) is 0 Å². The van der Waals surface area contributed by atoms with Gasteiger partial charge in [0.05, 0.1) is 0 Å². The second-order valence-electron chi connectivity index (χ2n) is 6.91. The molecule has 0 aliphatic heterocycles. The normalized spacial score (nSPS) is 11.4. The van der Waals surface area contributed by atoms with Crippen LogP contribution in [-0.2, 0) is 32.3 Å². The summed E-state index contributed by atoms with van der Waals surface area (Å²) in [6.07, 6.45) is 4.62. The van der Waals surface area contributed by atoms with Crippen molar-refractivity contribution in [1.82, 2.24) is 19.3 Å². The summed E-state index contributed by atoms with van der Waals surface area (Å²) in [5.41, 5.74) is 6.10. The van der Waals surface area contributed by atoms with Crippen LogP contribution in [0.15, 0.2) is 60.7 Å². The third kappa shape index (κ3) is 3.91. The summed E-state index contributed by atoms with van der Waals surface area (Å²) in [6, 6.07) is 21.4. The van der Waals surface area contributed by atoms with E-state index in [1.807, 2.05) is 0 Å². The molecule has 4 aromatic rings. The van der Waals surface area contributed by atoms with Gasteiger partial charge in [-0.2, -0.15) is 0 Å². The predicted molar refractivity (Wildman–Crippen MR) is 105 cm³/mol. The average Bonchev–Trinajstić information content (AvgIpc) is 3.23. The van der Waals surface area contributed by atoms with E-state index >= 15 is 0 Å². The molecule has 2 aromatic carbocycles. The minimum absolute atomic E-state index is 1.04. The number of nitrogens with zero attached hydrogens (tertiary/aromatic N) is 3. The van der Waals surface area contributed by atoms with E-state index in [-0.39, 0.29) is 0 Å². The molecule has 0 radical (unpaired) electrons. The predicted octanol–water partition coefficient (Wildman–Crippen LogP) is 4.96. The third-order valence-corrected chi connectivity index (χ3v) is 6.00. The first kappa shape index (κ1) is 18.2. The van der Waals surface area contributed by atoms with Gasteiger partial charge in [0.1, 0.15) is 0 Å². The Morgan fingerprint density at radius 1 is 0.926 bits per heavy atom. The Labute approximate surface area is 170 Å². The summed E-state index contributed by atoms with van der Waals surface area (Å²) < 4.78 is 6.05. The van der Waals surface area contributed by atoms with Gasteiger partial charge in [-0.1, -0.05) is 0 Å². The maximum absolute atomic E-state index is 4.33. The van der Waals surface area contributed by atoms with Gasteiger partial charge in [-0.3, -0.25) is 0 Å². The van der Waals surface area contributed by atoms with E-state index < -0.39 is 0 Å². The van der Waals surface area contributed by atoms with Crippen molar-refractivity contribution in [2.75, 3.05) is 0 Å². The summed E-state index contributed by atoms with van der Waals surface area (Å²) in [6.45, 7) is 3.09. The van der Waals surface area contributed by atoms with Crippen molar-refractivity contribution < 1.29 is 19.4 Å². The molecule has 0 fully saturated rings. The van der Waals surface area contributed by atoms with Crippen LogP contribution in [0.1, 0.15) is 30.7 Å². The molecule has 142 valence electrons. The van der Waals surface area contributed by atoms with Crippen LogP contribution in [0.5, 0.6) is 0 Å². The Balaban J connectivity index is 1.50. The Bertz CT molecular complexity index is 1090. The number of benzene rings is 2. The molecule has 0 aliphatic rings. The molecule has 0 atom stereocenters. The molecular formula is C22H24N4Pt. The number of para-hydroxylation sites is 3. The summed E-state index contributed by atoms with van der Waals surface area (Å²) in [5, 5.41) is 7.35. The van der Waals surface area contributed by atoms with Crippen LogP contribution in [0.3, 0.4) is 0 Å². The van der Waals surface area contributed by atoms with Gasteiger partial charge in [0.25, 0.3) is 0 Å². The van der Waals surface area contributed by atoms with Gasteiger partial charge in [-0.15, -0.1) is 0 Å². The fourth-order valence-corrected chi connectivity index (χ4v) is 4.66. The van der Waals surface area contributed by atoms with E-state index in [9.17, 15) is 0 Å². The monoisotopic (exact) mass is 539 g/mol. The van der Waals surface area contributed by atoms with Gasteiger partial charge < -0.3 is 0 Å².